The van der Waals surface area contributed by atoms with E-state index in [9.17, 15) is 0 Å². The van der Waals surface area contributed by atoms with E-state index in [1.807, 2.05) is 42.5 Å². The van der Waals surface area contributed by atoms with Gasteiger partial charge in [-0.2, -0.15) is 5.10 Å². The normalized spacial score (nSPS) is 10.9. The van der Waals surface area contributed by atoms with Gasteiger partial charge in [0.2, 0.25) is 0 Å². The van der Waals surface area contributed by atoms with Crippen LogP contribution in [0.3, 0.4) is 0 Å². The van der Waals surface area contributed by atoms with Gasteiger partial charge in [-0.25, -0.2) is 0 Å². The van der Waals surface area contributed by atoms with Crippen LogP contribution in [0.2, 0.25) is 0 Å². The Hall–Kier alpha value is -2.75. The highest BCUT2D eigenvalue weighted by Crippen LogP contribution is 2.20. The molecule has 1 aromatic carbocycles. The number of hydrogen-bond acceptors (Lipinski definition) is 4. The van der Waals surface area contributed by atoms with Crippen LogP contribution >= 0.6 is 0 Å². The molecule has 0 saturated heterocycles. The van der Waals surface area contributed by atoms with Gasteiger partial charge < -0.3 is 0 Å². The highest BCUT2D eigenvalue weighted by Gasteiger charge is 1.98. The number of hydrogen-bond donors (Lipinski definition) is 1. The van der Waals surface area contributed by atoms with E-state index in [4.69, 9.17) is 0 Å². The molecule has 2 heterocycles. The van der Waals surface area contributed by atoms with E-state index in [-0.39, 0.29) is 0 Å². The van der Waals surface area contributed by atoms with Crippen LogP contribution in [-0.2, 0) is 0 Å². The lowest BCUT2D eigenvalue weighted by molar-refractivity contribution is 1.31. The first kappa shape index (κ1) is 11.3. The summed E-state index contributed by atoms with van der Waals surface area (Å²) in [5.74, 6) is 0. The predicted octanol–water partition coefficient (Wildman–Crippen LogP) is 3.08. The summed E-state index contributed by atoms with van der Waals surface area (Å²) in [5.41, 5.74) is 5.94. The average Bonchev–Trinajstić information content (AvgIpc) is 2.49. The summed E-state index contributed by atoms with van der Waals surface area (Å²) in [6, 6.07) is 13.7. The lowest BCUT2D eigenvalue weighted by atomic mass is 10.2. The fourth-order valence-electron chi connectivity index (χ4n) is 1.82. The van der Waals surface area contributed by atoms with Crippen LogP contribution < -0.4 is 5.43 Å². The van der Waals surface area contributed by atoms with E-state index in [1.165, 1.54) is 0 Å². The molecule has 92 valence electrons. The van der Waals surface area contributed by atoms with Crippen molar-refractivity contribution in [3.8, 4) is 0 Å². The molecule has 3 aromatic rings. The van der Waals surface area contributed by atoms with Gasteiger partial charge in [0.1, 0.15) is 0 Å². The maximum atomic E-state index is 4.31. The SMILES string of the molecule is C(=N\Nc1ccnc2ccccc12)/c1ccncc1. The number of para-hydroxylation sites is 1. The third-order valence-electron chi connectivity index (χ3n) is 2.75. The Labute approximate surface area is 110 Å². The number of rotatable bonds is 3. The topological polar surface area (TPSA) is 50.2 Å². The Morgan fingerprint density at radius 3 is 2.68 bits per heavy atom. The molecule has 0 aliphatic heterocycles. The molecule has 0 aliphatic carbocycles. The summed E-state index contributed by atoms with van der Waals surface area (Å²) in [6.45, 7) is 0. The second-order valence-corrected chi connectivity index (χ2v) is 4.03. The lowest BCUT2D eigenvalue weighted by Crippen LogP contribution is -1.92. The fourth-order valence-corrected chi connectivity index (χ4v) is 1.82. The minimum atomic E-state index is 0.941. The van der Waals surface area contributed by atoms with Crippen molar-refractivity contribution in [3.63, 3.8) is 0 Å². The highest BCUT2D eigenvalue weighted by atomic mass is 15.3. The number of nitrogens with zero attached hydrogens (tertiary/aromatic N) is 3. The number of nitrogens with one attached hydrogen (secondary N) is 1. The van der Waals surface area contributed by atoms with Gasteiger partial charge in [0, 0.05) is 24.0 Å². The van der Waals surface area contributed by atoms with E-state index in [0.717, 1.165) is 22.2 Å². The van der Waals surface area contributed by atoms with Crippen molar-refractivity contribution in [3.05, 3.63) is 66.6 Å². The molecule has 0 aliphatic rings. The highest BCUT2D eigenvalue weighted by molar-refractivity contribution is 5.91. The number of aromatic nitrogens is 2. The Bertz CT molecular complexity index is 702. The van der Waals surface area contributed by atoms with Gasteiger partial charge in [0.25, 0.3) is 0 Å². The van der Waals surface area contributed by atoms with Crippen LogP contribution in [0.25, 0.3) is 10.9 Å². The Morgan fingerprint density at radius 2 is 1.79 bits per heavy atom. The molecular weight excluding hydrogens is 236 g/mol. The molecule has 19 heavy (non-hydrogen) atoms. The van der Waals surface area contributed by atoms with E-state index in [0.29, 0.717) is 0 Å². The molecule has 0 spiro atoms. The second-order valence-electron chi connectivity index (χ2n) is 4.03. The zero-order valence-corrected chi connectivity index (χ0v) is 10.2. The first-order chi connectivity index (χ1) is 9.43. The summed E-state index contributed by atoms with van der Waals surface area (Å²) in [4.78, 5) is 8.27. The van der Waals surface area contributed by atoms with Crippen molar-refractivity contribution in [1.29, 1.82) is 0 Å². The zero-order valence-electron chi connectivity index (χ0n) is 10.2. The molecule has 1 N–H and O–H groups in total. The molecule has 0 bridgehead atoms. The monoisotopic (exact) mass is 248 g/mol. The Kier molecular flexibility index (Phi) is 3.14. The average molecular weight is 248 g/mol. The summed E-state index contributed by atoms with van der Waals surface area (Å²) in [7, 11) is 0. The Morgan fingerprint density at radius 1 is 0.947 bits per heavy atom. The van der Waals surface area contributed by atoms with E-state index in [1.54, 1.807) is 24.8 Å². The smallest absolute Gasteiger partial charge is 0.0723 e. The van der Waals surface area contributed by atoms with Gasteiger partial charge in [-0.3, -0.25) is 15.4 Å². The summed E-state index contributed by atoms with van der Waals surface area (Å²) in [5, 5.41) is 5.28. The number of pyridine rings is 2. The largest absolute Gasteiger partial charge is 0.278 e. The third kappa shape index (κ3) is 2.57. The minimum absolute atomic E-state index is 0.941. The van der Waals surface area contributed by atoms with Gasteiger partial charge in [0.05, 0.1) is 17.4 Å². The van der Waals surface area contributed by atoms with Gasteiger partial charge in [-0.1, -0.05) is 18.2 Å². The molecule has 0 unspecified atom stereocenters. The van der Waals surface area contributed by atoms with Crippen molar-refractivity contribution in [1.82, 2.24) is 9.97 Å². The molecule has 3 rings (SSSR count). The maximum absolute atomic E-state index is 4.31. The molecular formula is C15H12N4. The predicted molar refractivity (Wildman–Crippen MR) is 77.2 cm³/mol. The number of hydrazone groups is 1. The van der Waals surface area contributed by atoms with Crippen LogP contribution in [-0.4, -0.2) is 16.2 Å². The van der Waals surface area contributed by atoms with E-state index >= 15 is 0 Å². The molecule has 2 aromatic heterocycles. The fraction of sp³-hybridized carbons (Fsp3) is 0. The van der Waals surface area contributed by atoms with E-state index in [2.05, 4.69) is 20.5 Å². The maximum Gasteiger partial charge on any atom is 0.0723 e. The van der Waals surface area contributed by atoms with Gasteiger partial charge in [-0.05, 0) is 29.8 Å². The van der Waals surface area contributed by atoms with Crippen molar-refractivity contribution < 1.29 is 0 Å². The van der Waals surface area contributed by atoms with Crippen molar-refractivity contribution in [2.45, 2.75) is 0 Å². The third-order valence-corrected chi connectivity index (χ3v) is 2.75. The lowest BCUT2D eigenvalue weighted by Gasteiger charge is -2.04. The summed E-state index contributed by atoms with van der Waals surface area (Å²) < 4.78 is 0. The summed E-state index contributed by atoms with van der Waals surface area (Å²) >= 11 is 0. The van der Waals surface area contributed by atoms with Crippen LogP contribution in [0.4, 0.5) is 5.69 Å². The van der Waals surface area contributed by atoms with Crippen molar-refractivity contribution in [2.75, 3.05) is 5.43 Å². The van der Waals surface area contributed by atoms with Crippen LogP contribution in [0.5, 0.6) is 0 Å². The number of anilines is 1. The standard InChI is InChI=1S/C15H12N4/c1-2-4-14-13(3-1)15(7-10-17-14)19-18-11-12-5-8-16-9-6-12/h1-11H,(H,17,19)/b18-11+. The molecule has 0 atom stereocenters. The zero-order chi connectivity index (χ0) is 12.9. The molecule has 0 radical (unpaired) electrons. The van der Waals surface area contributed by atoms with Crippen LogP contribution in [0.1, 0.15) is 5.56 Å². The quantitative estimate of drug-likeness (QED) is 0.572. The molecule has 0 amide bonds. The van der Waals surface area contributed by atoms with Gasteiger partial charge >= 0.3 is 0 Å². The number of fused-ring (bicyclic) bond motifs is 1. The molecule has 4 nitrogen and oxygen atoms in total. The first-order valence-electron chi connectivity index (χ1n) is 5.96. The minimum Gasteiger partial charge on any atom is -0.278 e. The number of benzene rings is 1. The van der Waals surface area contributed by atoms with Gasteiger partial charge in [0.15, 0.2) is 0 Å². The molecule has 0 fully saturated rings. The van der Waals surface area contributed by atoms with Crippen LogP contribution in [0, 0.1) is 0 Å². The first-order valence-corrected chi connectivity index (χ1v) is 5.96. The van der Waals surface area contributed by atoms with Crippen LogP contribution in [0.15, 0.2) is 66.2 Å². The van der Waals surface area contributed by atoms with Crippen molar-refractivity contribution in [2.24, 2.45) is 5.10 Å². The summed E-state index contributed by atoms with van der Waals surface area (Å²) in [6.07, 6.45) is 7.01. The molecule has 0 saturated carbocycles. The molecule has 4 heteroatoms. The van der Waals surface area contributed by atoms with Gasteiger partial charge in [-0.15, -0.1) is 0 Å². The van der Waals surface area contributed by atoms with Crippen molar-refractivity contribution >= 4 is 22.8 Å². The Balaban J connectivity index is 1.84. The van der Waals surface area contributed by atoms with E-state index < -0.39 is 0 Å². The second kappa shape index (κ2) is 5.27.